The van der Waals surface area contributed by atoms with E-state index in [2.05, 4.69) is 19.2 Å². The van der Waals surface area contributed by atoms with Crippen LogP contribution in [-0.4, -0.2) is 26.7 Å². The van der Waals surface area contributed by atoms with E-state index >= 15 is 0 Å². The lowest BCUT2D eigenvalue weighted by atomic mass is 10.0. The fourth-order valence-corrected chi connectivity index (χ4v) is 3.76. The van der Waals surface area contributed by atoms with Crippen LogP contribution >= 0.6 is 0 Å². The van der Waals surface area contributed by atoms with Crippen molar-refractivity contribution in [2.75, 3.05) is 20.8 Å². The largest absolute Gasteiger partial charge is 0.497 e. The SMILES string of the molecule is COc1ccc2c(C)c(CCC(=O)NC(C)c3ccc(OCC(C)C)c(OC)c3)c(=O)oc2c1. The zero-order valence-corrected chi connectivity index (χ0v) is 20.7. The fourth-order valence-electron chi connectivity index (χ4n) is 3.76. The molecule has 0 saturated heterocycles. The highest BCUT2D eigenvalue weighted by Gasteiger charge is 2.16. The van der Waals surface area contributed by atoms with Crippen molar-refractivity contribution in [3.63, 3.8) is 0 Å². The Morgan fingerprint density at radius 1 is 1.03 bits per heavy atom. The van der Waals surface area contributed by atoms with Crippen molar-refractivity contribution in [1.29, 1.82) is 0 Å². The summed E-state index contributed by atoms with van der Waals surface area (Å²) >= 11 is 0. The third-order valence-electron chi connectivity index (χ3n) is 5.73. The Labute approximate surface area is 200 Å². The smallest absolute Gasteiger partial charge is 0.339 e. The summed E-state index contributed by atoms with van der Waals surface area (Å²) in [5.41, 5.74) is 2.27. The number of benzene rings is 2. The summed E-state index contributed by atoms with van der Waals surface area (Å²) in [5.74, 6) is 2.17. The van der Waals surface area contributed by atoms with Crippen LogP contribution in [0.4, 0.5) is 0 Å². The van der Waals surface area contributed by atoms with Gasteiger partial charge in [-0.15, -0.1) is 0 Å². The van der Waals surface area contributed by atoms with Crippen molar-refractivity contribution < 1.29 is 23.4 Å². The van der Waals surface area contributed by atoms with Crippen LogP contribution in [0.2, 0.25) is 0 Å². The van der Waals surface area contributed by atoms with Gasteiger partial charge in [0.2, 0.25) is 5.91 Å². The van der Waals surface area contributed by atoms with Gasteiger partial charge >= 0.3 is 5.63 Å². The molecule has 2 aromatic carbocycles. The minimum Gasteiger partial charge on any atom is -0.497 e. The number of hydrogen-bond acceptors (Lipinski definition) is 6. The maximum absolute atomic E-state index is 12.7. The van der Waals surface area contributed by atoms with Crippen LogP contribution in [0.25, 0.3) is 11.0 Å². The maximum Gasteiger partial charge on any atom is 0.339 e. The topological polar surface area (TPSA) is 87.0 Å². The summed E-state index contributed by atoms with van der Waals surface area (Å²) in [6, 6.07) is 10.8. The minimum atomic E-state index is -0.430. The zero-order valence-electron chi connectivity index (χ0n) is 20.7. The molecule has 0 radical (unpaired) electrons. The number of aryl methyl sites for hydroxylation is 1. The second-order valence-electron chi connectivity index (χ2n) is 8.76. The van der Waals surface area contributed by atoms with E-state index in [4.69, 9.17) is 18.6 Å². The first-order valence-electron chi connectivity index (χ1n) is 11.4. The zero-order chi connectivity index (χ0) is 24.8. The van der Waals surface area contributed by atoms with Crippen LogP contribution in [-0.2, 0) is 11.2 Å². The van der Waals surface area contributed by atoms with Crippen LogP contribution in [0.1, 0.15) is 49.9 Å². The van der Waals surface area contributed by atoms with E-state index in [-0.39, 0.29) is 18.4 Å². The molecule has 7 heteroatoms. The molecule has 1 heterocycles. The molecule has 182 valence electrons. The molecule has 1 amide bonds. The van der Waals surface area contributed by atoms with Gasteiger partial charge in [0.25, 0.3) is 0 Å². The van der Waals surface area contributed by atoms with Crippen molar-refractivity contribution in [3.8, 4) is 17.2 Å². The second-order valence-corrected chi connectivity index (χ2v) is 8.76. The van der Waals surface area contributed by atoms with Crippen LogP contribution < -0.4 is 25.2 Å². The van der Waals surface area contributed by atoms with E-state index in [1.54, 1.807) is 20.3 Å². The summed E-state index contributed by atoms with van der Waals surface area (Å²) in [5, 5.41) is 3.82. The summed E-state index contributed by atoms with van der Waals surface area (Å²) in [6.45, 7) is 8.54. The number of ether oxygens (including phenoxy) is 3. The minimum absolute atomic E-state index is 0.153. The van der Waals surface area contributed by atoms with E-state index in [1.807, 2.05) is 44.2 Å². The first-order chi connectivity index (χ1) is 16.2. The monoisotopic (exact) mass is 467 g/mol. The van der Waals surface area contributed by atoms with Gasteiger partial charge in [-0.05, 0) is 61.6 Å². The molecule has 1 atom stereocenters. The average Bonchev–Trinajstić information content (AvgIpc) is 2.81. The molecule has 3 aromatic rings. The van der Waals surface area contributed by atoms with Crippen molar-refractivity contribution in [2.24, 2.45) is 5.92 Å². The quantitative estimate of drug-likeness (QED) is 0.424. The predicted molar refractivity (Wildman–Crippen MR) is 132 cm³/mol. The van der Waals surface area contributed by atoms with Gasteiger partial charge < -0.3 is 23.9 Å². The van der Waals surface area contributed by atoms with E-state index in [9.17, 15) is 9.59 Å². The van der Waals surface area contributed by atoms with Crippen LogP contribution in [0.3, 0.4) is 0 Å². The summed E-state index contributed by atoms with van der Waals surface area (Å²) in [7, 11) is 3.16. The van der Waals surface area contributed by atoms with Crippen molar-refractivity contribution in [1.82, 2.24) is 5.32 Å². The van der Waals surface area contributed by atoms with Gasteiger partial charge in [0.15, 0.2) is 11.5 Å². The molecule has 0 spiro atoms. The van der Waals surface area contributed by atoms with Crippen molar-refractivity contribution >= 4 is 16.9 Å². The molecule has 1 N–H and O–H groups in total. The predicted octanol–water partition coefficient (Wildman–Crippen LogP) is 4.96. The Kier molecular flexibility index (Phi) is 8.21. The van der Waals surface area contributed by atoms with E-state index in [1.165, 1.54) is 0 Å². The summed E-state index contributed by atoms with van der Waals surface area (Å²) in [6.07, 6.45) is 0.463. The molecule has 0 aliphatic rings. The van der Waals surface area contributed by atoms with Gasteiger partial charge in [0.05, 0.1) is 26.9 Å². The number of methoxy groups -OCH3 is 2. The molecular formula is C27H33NO6. The van der Waals surface area contributed by atoms with Gasteiger partial charge in [-0.3, -0.25) is 4.79 Å². The van der Waals surface area contributed by atoms with Gasteiger partial charge in [0.1, 0.15) is 11.3 Å². The lowest BCUT2D eigenvalue weighted by Crippen LogP contribution is -2.27. The van der Waals surface area contributed by atoms with Gasteiger partial charge in [-0.25, -0.2) is 4.79 Å². The number of amides is 1. The standard InChI is InChI=1S/C27H33NO6/c1-16(2)15-33-23-11-7-19(13-25(23)32-6)18(4)28-26(29)12-10-22-17(3)21-9-8-20(31-5)14-24(21)34-27(22)30/h7-9,11,13-14,16,18H,10,12,15H2,1-6H3,(H,28,29). The maximum atomic E-state index is 12.7. The fraction of sp³-hybridized carbons (Fsp3) is 0.407. The molecule has 0 aliphatic heterocycles. The number of rotatable bonds is 10. The molecule has 1 unspecified atom stereocenters. The Balaban J connectivity index is 1.67. The molecule has 3 rings (SSSR count). The summed E-state index contributed by atoms with van der Waals surface area (Å²) < 4.78 is 21.9. The highest BCUT2D eigenvalue weighted by molar-refractivity contribution is 5.83. The number of carbonyl (C=O) groups is 1. The molecule has 0 saturated carbocycles. The van der Waals surface area contributed by atoms with Gasteiger partial charge in [-0.2, -0.15) is 0 Å². The number of carbonyl (C=O) groups excluding carboxylic acids is 1. The second kappa shape index (κ2) is 11.1. The molecule has 0 fully saturated rings. The highest BCUT2D eigenvalue weighted by Crippen LogP contribution is 2.31. The molecule has 1 aromatic heterocycles. The normalized spacial score (nSPS) is 12.0. The van der Waals surface area contributed by atoms with Crippen molar-refractivity contribution in [3.05, 3.63) is 63.5 Å². The van der Waals surface area contributed by atoms with Crippen molar-refractivity contribution in [2.45, 2.75) is 46.6 Å². The van der Waals surface area contributed by atoms with Crippen LogP contribution in [0, 0.1) is 12.8 Å². The average molecular weight is 468 g/mol. The molecular weight excluding hydrogens is 434 g/mol. The molecule has 0 bridgehead atoms. The Morgan fingerprint density at radius 2 is 1.79 bits per heavy atom. The van der Waals surface area contributed by atoms with Crippen LogP contribution in [0.15, 0.2) is 45.6 Å². The number of fused-ring (bicyclic) bond motifs is 1. The van der Waals surface area contributed by atoms with E-state index < -0.39 is 5.63 Å². The molecule has 34 heavy (non-hydrogen) atoms. The third kappa shape index (κ3) is 5.90. The first kappa shape index (κ1) is 25.1. The molecule has 0 aliphatic carbocycles. The van der Waals surface area contributed by atoms with E-state index in [0.717, 1.165) is 16.5 Å². The van der Waals surface area contributed by atoms with Gasteiger partial charge in [-0.1, -0.05) is 19.9 Å². The lowest BCUT2D eigenvalue weighted by Gasteiger charge is -2.18. The third-order valence-corrected chi connectivity index (χ3v) is 5.73. The number of nitrogens with one attached hydrogen (secondary N) is 1. The van der Waals surface area contributed by atoms with Gasteiger partial charge in [0, 0.05) is 23.4 Å². The molecule has 7 nitrogen and oxygen atoms in total. The first-order valence-corrected chi connectivity index (χ1v) is 11.4. The highest BCUT2D eigenvalue weighted by atomic mass is 16.5. The number of hydrogen-bond donors (Lipinski definition) is 1. The lowest BCUT2D eigenvalue weighted by molar-refractivity contribution is -0.121. The van der Waals surface area contributed by atoms with Crippen LogP contribution in [0.5, 0.6) is 17.2 Å². The Hall–Kier alpha value is -3.48. The summed E-state index contributed by atoms with van der Waals surface area (Å²) in [4.78, 5) is 25.2. The Morgan fingerprint density at radius 3 is 2.47 bits per heavy atom. The Bertz CT molecular complexity index is 1210. The van der Waals surface area contributed by atoms with E-state index in [0.29, 0.717) is 47.3 Å².